The van der Waals surface area contributed by atoms with Crippen molar-refractivity contribution in [1.82, 2.24) is 10.3 Å². The minimum Gasteiger partial charge on any atom is -0.384 e. The maximum atomic E-state index is 12.0. The van der Waals surface area contributed by atoms with E-state index in [0.29, 0.717) is 11.9 Å². The van der Waals surface area contributed by atoms with E-state index >= 15 is 0 Å². The van der Waals surface area contributed by atoms with Crippen LogP contribution >= 0.6 is 0 Å². The highest BCUT2D eigenvalue weighted by atomic mass is 16.2. The van der Waals surface area contributed by atoms with E-state index < -0.39 is 0 Å². The lowest BCUT2D eigenvalue weighted by molar-refractivity contribution is 0.244. The van der Waals surface area contributed by atoms with Crippen molar-refractivity contribution in [2.75, 3.05) is 17.2 Å². The van der Waals surface area contributed by atoms with Crippen LogP contribution in [0.25, 0.3) is 0 Å². The fourth-order valence-electron chi connectivity index (χ4n) is 3.33. The molecule has 0 saturated heterocycles. The number of anilines is 2. The Balaban J connectivity index is 1.36. The maximum absolute atomic E-state index is 12.0. The van der Waals surface area contributed by atoms with Gasteiger partial charge in [-0.05, 0) is 43.4 Å². The van der Waals surface area contributed by atoms with Crippen LogP contribution in [0.5, 0.6) is 0 Å². The van der Waals surface area contributed by atoms with Crippen molar-refractivity contribution in [1.29, 1.82) is 0 Å². The number of rotatable bonds is 7. The van der Waals surface area contributed by atoms with E-state index in [1.54, 1.807) is 6.20 Å². The van der Waals surface area contributed by atoms with Gasteiger partial charge in [-0.3, -0.25) is 5.32 Å². The van der Waals surface area contributed by atoms with Gasteiger partial charge in [0.2, 0.25) is 0 Å². The molecule has 0 unspecified atom stereocenters. The maximum Gasteiger partial charge on any atom is 0.320 e. The molecule has 0 bridgehead atoms. The van der Waals surface area contributed by atoms with Crippen LogP contribution in [0.1, 0.15) is 44.1 Å². The van der Waals surface area contributed by atoms with Crippen molar-refractivity contribution < 1.29 is 4.79 Å². The van der Waals surface area contributed by atoms with Gasteiger partial charge in [0.25, 0.3) is 0 Å². The van der Waals surface area contributed by atoms with Crippen molar-refractivity contribution in [2.45, 2.75) is 51.0 Å². The van der Waals surface area contributed by atoms with E-state index in [0.717, 1.165) is 37.9 Å². The standard InChI is InChI=1S/C21H28N4O/c26-21(24-18-11-5-2-6-12-18)25-20-14-13-19(16-23-20)22-15-7-10-17-8-3-1-4-9-17/h1,3-4,8-9,13-14,16,18,22H,2,5-7,10-12,15H2,(H2,23,24,25,26). The van der Waals surface area contributed by atoms with Crippen molar-refractivity contribution in [2.24, 2.45) is 0 Å². The highest BCUT2D eigenvalue weighted by Crippen LogP contribution is 2.17. The molecule has 5 heteroatoms. The van der Waals surface area contributed by atoms with Gasteiger partial charge in [-0.2, -0.15) is 0 Å². The van der Waals surface area contributed by atoms with Gasteiger partial charge in [-0.15, -0.1) is 0 Å². The average Bonchev–Trinajstić information content (AvgIpc) is 2.68. The number of carbonyl (C=O) groups is 1. The molecule has 0 aliphatic heterocycles. The molecule has 2 amide bonds. The van der Waals surface area contributed by atoms with E-state index in [1.165, 1.54) is 24.8 Å². The van der Waals surface area contributed by atoms with Crippen molar-refractivity contribution in [3.8, 4) is 0 Å². The third-order valence-corrected chi connectivity index (χ3v) is 4.76. The lowest BCUT2D eigenvalue weighted by atomic mass is 9.96. The van der Waals surface area contributed by atoms with E-state index in [2.05, 4.69) is 45.2 Å². The quantitative estimate of drug-likeness (QED) is 0.639. The van der Waals surface area contributed by atoms with Gasteiger partial charge in [0, 0.05) is 12.6 Å². The summed E-state index contributed by atoms with van der Waals surface area (Å²) in [6.07, 6.45) is 9.72. The molecule has 5 nitrogen and oxygen atoms in total. The molecule has 2 aromatic rings. The van der Waals surface area contributed by atoms with Crippen LogP contribution in [0.2, 0.25) is 0 Å². The topological polar surface area (TPSA) is 66.0 Å². The SMILES string of the molecule is O=C(Nc1ccc(NCCCc2ccccc2)cn1)NC1CCCCC1. The number of carbonyl (C=O) groups excluding carboxylic acids is 1. The third-order valence-electron chi connectivity index (χ3n) is 4.76. The Morgan fingerprint density at radius 1 is 1.04 bits per heavy atom. The number of amides is 2. The van der Waals surface area contributed by atoms with Gasteiger partial charge < -0.3 is 10.6 Å². The van der Waals surface area contributed by atoms with Gasteiger partial charge in [-0.25, -0.2) is 9.78 Å². The molecule has 3 N–H and O–H groups in total. The lowest BCUT2D eigenvalue weighted by Gasteiger charge is -2.22. The van der Waals surface area contributed by atoms with Crippen LogP contribution in [-0.4, -0.2) is 23.6 Å². The molecule has 138 valence electrons. The van der Waals surface area contributed by atoms with E-state index in [4.69, 9.17) is 0 Å². The molecule has 1 heterocycles. The summed E-state index contributed by atoms with van der Waals surface area (Å²) in [7, 11) is 0. The second kappa shape index (κ2) is 9.80. The summed E-state index contributed by atoms with van der Waals surface area (Å²) in [5, 5.41) is 9.22. The Hall–Kier alpha value is -2.56. The van der Waals surface area contributed by atoms with Crippen LogP contribution in [-0.2, 0) is 6.42 Å². The Bertz CT molecular complexity index is 666. The molecule has 1 aliphatic rings. The number of nitrogens with one attached hydrogen (secondary N) is 3. The molecule has 0 spiro atoms. The van der Waals surface area contributed by atoms with E-state index in [-0.39, 0.29) is 6.03 Å². The molecule has 26 heavy (non-hydrogen) atoms. The minimum absolute atomic E-state index is 0.159. The zero-order valence-corrected chi connectivity index (χ0v) is 15.2. The van der Waals surface area contributed by atoms with Crippen LogP contribution in [0.15, 0.2) is 48.7 Å². The summed E-state index contributed by atoms with van der Waals surface area (Å²) in [6.45, 7) is 0.894. The predicted octanol–water partition coefficient (Wildman–Crippen LogP) is 4.58. The summed E-state index contributed by atoms with van der Waals surface area (Å²) >= 11 is 0. The number of nitrogens with zero attached hydrogens (tertiary/aromatic N) is 1. The molecular weight excluding hydrogens is 324 g/mol. The average molecular weight is 352 g/mol. The number of pyridine rings is 1. The number of aromatic nitrogens is 1. The summed E-state index contributed by atoms with van der Waals surface area (Å²) in [6, 6.07) is 14.4. The normalized spacial score (nSPS) is 14.6. The van der Waals surface area contributed by atoms with Crippen LogP contribution < -0.4 is 16.0 Å². The molecule has 3 rings (SSSR count). The molecule has 1 aromatic carbocycles. The van der Waals surface area contributed by atoms with Gasteiger partial charge in [0.1, 0.15) is 5.82 Å². The summed E-state index contributed by atoms with van der Waals surface area (Å²) in [5.41, 5.74) is 2.33. The molecule has 1 fully saturated rings. The number of aryl methyl sites for hydroxylation is 1. The van der Waals surface area contributed by atoms with Crippen LogP contribution in [0, 0.1) is 0 Å². The first-order valence-corrected chi connectivity index (χ1v) is 9.61. The van der Waals surface area contributed by atoms with Gasteiger partial charge in [-0.1, -0.05) is 49.6 Å². The summed E-state index contributed by atoms with van der Waals surface area (Å²) < 4.78 is 0. The largest absolute Gasteiger partial charge is 0.384 e. The second-order valence-electron chi connectivity index (χ2n) is 6.88. The summed E-state index contributed by atoms with van der Waals surface area (Å²) in [5.74, 6) is 0.577. The molecule has 1 saturated carbocycles. The van der Waals surface area contributed by atoms with Gasteiger partial charge in [0.05, 0.1) is 11.9 Å². The molecule has 0 atom stereocenters. The zero-order valence-electron chi connectivity index (χ0n) is 15.2. The van der Waals surface area contributed by atoms with E-state index in [1.807, 2.05) is 18.2 Å². The molecule has 1 aromatic heterocycles. The number of urea groups is 1. The number of benzene rings is 1. The minimum atomic E-state index is -0.159. The van der Waals surface area contributed by atoms with Crippen LogP contribution in [0.3, 0.4) is 0 Å². The van der Waals surface area contributed by atoms with Crippen LogP contribution in [0.4, 0.5) is 16.3 Å². The zero-order chi connectivity index (χ0) is 18.0. The van der Waals surface area contributed by atoms with E-state index in [9.17, 15) is 4.79 Å². The Kier molecular flexibility index (Phi) is 6.88. The Morgan fingerprint density at radius 2 is 1.85 bits per heavy atom. The fourth-order valence-corrected chi connectivity index (χ4v) is 3.33. The smallest absolute Gasteiger partial charge is 0.320 e. The first kappa shape index (κ1) is 18.2. The van der Waals surface area contributed by atoms with Crippen molar-refractivity contribution >= 4 is 17.5 Å². The monoisotopic (exact) mass is 352 g/mol. The Labute approximate surface area is 155 Å². The molecule has 1 aliphatic carbocycles. The number of hydrogen-bond acceptors (Lipinski definition) is 3. The van der Waals surface area contributed by atoms with Crippen molar-refractivity contribution in [3.05, 3.63) is 54.2 Å². The second-order valence-corrected chi connectivity index (χ2v) is 6.88. The van der Waals surface area contributed by atoms with Gasteiger partial charge >= 0.3 is 6.03 Å². The van der Waals surface area contributed by atoms with Gasteiger partial charge in [0.15, 0.2) is 0 Å². The highest BCUT2D eigenvalue weighted by Gasteiger charge is 2.15. The fraction of sp³-hybridized carbons (Fsp3) is 0.429. The predicted molar refractivity (Wildman–Crippen MR) is 107 cm³/mol. The highest BCUT2D eigenvalue weighted by molar-refractivity contribution is 5.88. The first-order chi connectivity index (χ1) is 12.8. The third kappa shape index (κ3) is 6.06. The molecule has 0 radical (unpaired) electrons. The Morgan fingerprint density at radius 3 is 2.58 bits per heavy atom. The lowest BCUT2D eigenvalue weighted by Crippen LogP contribution is -2.39. The van der Waals surface area contributed by atoms with Crippen molar-refractivity contribution in [3.63, 3.8) is 0 Å². The summed E-state index contributed by atoms with van der Waals surface area (Å²) in [4.78, 5) is 16.3. The first-order valence-electron chi connectivity index (χ1n) is 9.61. The number of hydrogen-bond donors (Lipinski definition) is 3. The molecular formula is C21H28N4O.